The van der Waals surface area contributed by atoms with Crippen molar-refractivity contribution in [3.05, 3.63) is 29.8 Å². The van der Waals surface area contributed by atoms with Gasteiger partial charge in [0.15, 0.2) is 9.84 Å². The summed E-state index contributed by atoms with van der Waals surface area (Å²) in [5.41, 5.74) is 2.48. The molecule has 0 bridgehead atoms. The minimum absolute atomic E-state index is 0.0140. The molecule has 0 unspecified atom stereocenters. The van der Waals surface area contributed by atoms with Gasteiger partial charge < -0.3 is 4.74 Å². The molecule has 0 aliphatic carbocycles. The third kappa shape index (κ3) is 4.48. The molecular weight excluding hydrogens is 318 g/mol. The Hall–Kier alpha value is -2.03. The van der Waals surface area contributed by atoms with Crippen LogP contribution in [0.1, 0.15) is 12.0 Å². The maximum Gasteiger partial charge on any atom is 0.387 e. The highest BCUT2D eigenvalue weighted by Gasteiger charge is 2.32. The Balaban J connectivity index is 1.97. The average Bonchev–Trinajstić information content (AvgIpc) is 2.80. The van der Waals surface area contributed by atoms with Gasteiger partial charge in [-0.2, -0.15) is 13.9 Å². The van der Waals surface area contributed by atoms with Crippen LogP contribution < -0.4 is 10.2 Å². The number of ether oxygens (including phenoxy) is 1. The minimum atomic E-state index is -3.15. The van der Waals surface area contributed by atoms with Crippen molar-refractivity contribution in [2.24, 2.45) is 11.0 Å². The molecule has 0 saturated carbocycles. The number of nitrogens with one attached hydrogen (secondary N) is 1. The van der Waals surface area contributed by atoms with Crippen molar-refractivity contribution in [1.29, 1.82) is 0 Å². The molecular formula is C13H14F2N2O4S. The van der Waals surface area contributed by atoms with Gasteiger partial charge in [0.2, 0.25) is 5.91 Å². The fourth-order valence-corrected chi connectivity index (χ4v) is 3.79. The summed E-state index contributed by atoms with van der Waals surface area (Å²) in [6, 6.07) is 5.97. The lowest BCUT2D eigenvalue weighted by Gasteiger charge is -2.07. The lowest BCUT2D eigenvalue weighted by atomic mass is 10.1. The van der Waals surface area contributed by atoms with Crippen molar-refractivity contribution in [2.75, 3.05) is 11.5 Å². The van der Waals surface area contributed by atoms with E-state index in [0.29, 0.717) is 0 Å². The first-order chi connectivity index (χ1) is 10.4. The zero-order valence-corrected chi connectivity index (χ0v) is 12.2. The molecule has 6 nitrogen and oxygen atoms in total. The predicted molar refractivity (Wildman–Crippen MR) is 75.6 cm³/mol. The smallest absolute Gasteiger partial charge is 0.387 e. The second kappa shape index (κ2) is 6.82. The fourth-order valence-electron chi connectivity index (χ4n) is 2.05. The monoisotopic (exact) mass is 332 g/mol. The molecule has 22 heavy (non-hydrogen) atoms. The van der Waals surface area contributed by atoms with E-state index in [-0.39, 0.29) is 29.2 Å². The van der Waals surface area contributed by atoms with Crippen LogP contribution in [0.2, 0.25) is 0 Å². The topological polar surface area (TPSA) is 84.8 Å². The van der Waals surface area contributed by atoms with Crippen molar-refractivity contribution in [3.8, 4) is 5.75 Å². The number of hydrogen-bond donors (Lipinski definition) is 1. The van der Waals surface area contributed by atoms with E-state index in [1.54, 1.807) is 6.07 Å². The summed E-state index contributed by atoms with van der Waals surface area (Å²) in [6.07, 6.45) is 1.42. The SMILES string of the molecule is O=C(N/N=C\c1ccccc1OC(F)F)[C@@H]1CCS(=O)(=O)C1. The second-order valence-corrected chi connectivity index (χ2v) is 6.98. The van der Waals surface area contributed by atoms with Crippen LogP contribution in [-0.2, 0) is 14.6 Å². The molecule has 1 saturated heterocycles. The summed E-state index contributed by atoms with van der Waals surface area (Å²) in [5.74, 6) is -1.42. The first-order valence-corrected chi connectivity index (χ1v) is 8.27. The first kappa shape index (κ1) is 16.3. The van der Waals surface area contributed by atoms with Crippen LogP contribution in [0.15, 0.2) is 29.4 Å². The van der Waals surface area contributed by atoms with E-state index in [1.807, 2.05) is 0 Å². The van der Waals surface area contributed by atoms with Gasteiger partial charge in [-0.3, -0.25) is 4.79 Å². The van der Waals surface area contributed by atoms with Gasteiger partial charge in [0.1, 0.15) is 5.75 Å². The van der Waals surface area contributed by atoms with E-state index in [4.69, 9.17) is 0 Å². The van der Waals surface area contributed by atoms with Crippen LogP contribution in [0, 0.1) is 5.92 Å². The summed E-state index contributed by atoms with van der Waals surface area (Å²) in [5, 5.41) is 3.66. The summed E-state index contributed by atoms with van der Waals surface area (Å²) in [4.78, 5) is 11.7. The summed E-state index contributed by atoms with van der Waals surface area (Å²) in [6.45, 7) is -2.96. The fraction of sp³-hybridized carbons (Fsp3) is 0.385. The molecule has 0 aromatic heterocycles. The van der Waals surface area contributed by atoms with E-state index < -0.39 is 28.3 Å². The molecule has 1 atom stereocenters. The highest BCUT2D eigenvalue weighted by atomic mass is 32.2. The van der Waals surface area contributed by atoms with Crippen LogP contribution >= 0.6 is 0 Å². The summed E-state index contributed by atoms with van der Waals surface area (Å²) in [7, 11) is -3.15. The third-order valence-electron chi connectivity index (χ3n) is 3.12. The van der Waals surface area contributed by atoms with Crippen molar-refractivity contribution in [2.45, 2.75) is 13.0 Å². The molecule has 1 fully saturated rings. The van der Waals surface area contributed by atoms with Crippen LogP contribution in [0.4, 0.5) is 8.78 Å². The maximum absolute atomic E-state index is 12.2. The molecule has 0 spiro atoms. The molecule has 1 amide bonds. The average molecular weight is 332 g/mol. The van der Waals surface area contributed by atoms with Crippen LogP contribution in [0.5, 0.6) is 5.75 Å². The number of benzene rings is 1. The van der Waals surface area contributed by atoms with E-state index in [9.17, 15) is 22.0 Å². The van der Waals surface area contributed by atoms with Crippen molar-refractivity contribution in [3.63, 3.8) is 0 Å². The standard InChI is InChI=1S/C13H14F2N2O4S/c14-13(15)21-11-4-2-1-3-9(11)7-16-17-12(18)10-5-6-22(19,20)8-10/h1-4,7,10,13H,5-6,8H2,(H,17,18)/b16-7-/t10-/m1/s1. The third-order valence-corrected chi connectivity index (χ3v) is 4.88. The lowest BCUT2D eigenvalue weighted by Crippen LogP contribution is -2.27. The number of nitrogens with zero attached hydrogens (tertiary/aromatic N) is 1. The van der Waals surface area contributed by atoms with E-state index in [0.717, 1.165) is 0 Å². The number of para-hydroxylation sites is 1. The molecule has 0 radical (unpaired) electrons. The number of carbonyl (C=O) groups excluding carboxylic acids is 1. The van der Waals surface area contributed by atoms with E-state index in [2.05, 4.69) is 15.3 Å². The van der Waals surface area contributed by atoms with Gasteiger partial charge in [-0.15, -0.1) is 0 Å². The highest BCUT2D eigenvalue weighted by Crippen LogP contribution is 2.19. The molecule has 9 heteroatoms. The van der Waals surface area contributed by atoms with Gasteiger partial charge in [0.25, 0.3) is 0 Å². The van der Waals surface area contributed by atoms with Crippen LogP contribution in [0.3, 0.4) is 0 Å². The Morgan fingerprint density at radius 1 is 1.41 bits per heavy atom. The number of hydrogen-bond acceptors (Lipinski definition) is 5. The maximum atomic E-state index is 12.2. The largest absolute Gasteiger partial charge is 0.434 e. The number of halogens is 2. The Morgan fingerprint density at radius 3 is 2.77 bits per heavy atom. The minimum Gasteiger partial charge on any atom is -0.434 e. The Bertz CT molecular complexity index is 676. The first-order valence-electron chi connectivity index (χ1n) is 6.44. The van der Waals surface area contributed by atoms with E-state index >= 15 is 0 Å². The molecule has 1 N–H and O–H groups in total. The lowest BCUT2D eigenvalue weighted by molar-refractivity contribution is -0.124. The molecule has 1 aromatic rings. The number of sulfone groups is 1. The van der Waals surface area contributed by atoms with Gasteiger partial charge in [-0.1, -0.05) is 12.1 Å². The number of amides is 1. The zero-order valence-electron chi connectivity index (χ0n) is 11.4. The van der Waals surface area contributed by atoms with Crippen molar-refractivity contribution in [1.82, 2.24) is 5.43 Å². The molecule has 2 rings (SSSR count). The highest BCUT2D eigenvalue weighted by molar-refractivity contribution is 7.91. The van der Waals surface area contributed by atoms with Crippen LogP contribution in [0.25, 0.3) is 0 Å². The number of alkyl halides is 2. The van der Waals surface area contributed by atoms with Gasteiger partial charge in [-0.25, -0.2) is 13.8 Å². The Morgan fingerprint density at radius 2 is 2.14 bits per heavy atom. The van der Waals surface area contributed by atoms with Gasteiger partial charge in [0, 0.05) is 5.56 Å². The van der Waals surface area contributed by atoms with Gasteiger partial charge in [0.05, 0.1) is 23.6 Å². The molecule has 1 heterocycles. The molecule has 120 valence electrons. The second-order valence-electron chi connectivity index (χ2n) is 4.75. The predicted octanol–water partition coefficient (Wildman–Crippen LogP) is 1.17. The quantitative estimate of drug-likeness (QED) is 0.648. The zero-order chi connectivity index (χ0) is 16.2. The summed E-state index contributed by atoms with van der Waals surface area (Å²) < 4.78 is 51.3. The van der Waals surface area contributed by atoms with E-state index in [1.165, 1.54) is 24.4 Å². The van der Waals surface area contributed by atoms with Gasteiger partial charge >= 0.3 is 6.61 Å². The molecule has 1 aliphatic rings. The Labute approximate surface area is 126 Å². The molecule has 1 aliphatic heterocycles. The summed E-state index contributed by atoms with van der Waals surface area (Å²) >= 11 is 0. The Kier molecular flexibility index (Phi) is 5.07. The number of carbonyl (C=O) groups is 1. The number of rotatable bonds is 5. The van der Waals surface area contributed by atoms with Crippen LogP contribution in [-0.4, -0.2) is 38.7 Å². The van der Waals surface area contributed by atoms with Crippen molar-refractivity contribution < 1.29 is 26.7 Å². The van der Waals surface area contributed by atoms with Gasteiger partial charge in [-0.05, 0) is 18.6 Å². The number of hydrazone groups is 1. The molecule has 1 aromatic carbocycles. The normalized spacial score (nSPS) is 20.4. The van der Waals surface area contributed by atoms with Crippen molar-refractivity contribution >= 4 is 22.0 Å².